The van der Waals surface area contributed by atoms with Crippen molar-refractivity contribution in [3.8, 4) is 5.75 Å². The van der Waals surface area contributed by atoms with E-state index in [-0.39, 0.29) is 4.21 Å². The van der Waals surface area contributed by atoms with E-state index in [2.05, 4.69) is 4.40 Å². The minimum absolute atomic E-state index is 0.135. The average Bonchev–Trinajstić information content (AvgIpc) is 3.12. The van der Waals surface area contributed by atoms with Crippen LogP contribution in [-0.2, 0) is 16.6 Å². The van der Waals surface area contributed by atoms with Crippen molar-refractivity contribution >= 4 is 54.5 Å². The molecule has 5 nitrogen and oxygen atoms in total. The number of hydrogen-bond acceptors (Lipinski definition) is 5. The smallest absolute Gasteiger partial charge is 0.294 e. The molecule has 0 saturated heterocycles. The zero-order chi connectivity index (χ0) is 17.5. The van der Waals surface area contributed by atoms with Gasteiger partial charge in [0, 0.05) is 6.54 Å². The lowest BCUT2D eigenvalue weighted by Gasteiger charge is -2.07. The molecular formula is C15H15ClN2O3S3. The molecule has 128 valence electrons. The van der Waals surface area contributed by atoms with Crippen LogP contribution in [0.1, 0.15) is 12.5 Å². The Kier molecular flexibility index (Phi) is 4.74. The van der Waals surface area contributed by atoms with Gasteiger partial charge in [-0.1, -0.05) is 29.0 Å². The Labute approximate surface area is 152 Å². The van der Waals surface area contributed by atoms with Gasteiger partial charge in [-0.2, -0.15) is 8.42 Å². The summed E-state index contributed by atoms with van der Waals surface area (Å²) in [5, 5.41) is 0. The van der Waals surface area contributed by atoms with Crippen molar-refractivity contribution in [1.82, 2.24) is 4.57 Å². The van der Waals surface area contributed by atoms with E-state index in [1.54, 1.807) is 13.2 Å². The number of ether oxygens (including phenoxy) is 1. The minimum atomic E-state index is -3.80. The van der Waals surface area contributed by atoms with Gasteiger partial charge in [-0.3, -0.25) is 0 Å². The summed E-state index contributed by atoms with van der Waals surface area (Å²) in [5.74, 6) is 0.701. The number of nitrogens with zero attached hydrogens (tertiary/aromatic N) is 2. The van der Waals surface area contributed by atoms with E-state index in [1.165, 1.54) is 17.4 Å². The molecule has 3 rings (SSSR count). The number of rotatable bonds is 4. The summed E-state index contributed by atoms with van der Waals surface area (Å²) in [5.41, 5.74) is 1.92. The lowest BCUT2D eigenvalue weighted by atomic mass is 10.2. The first-order valence-electron chi connectivity index (χ1n) is 7.10. The van der Waals surface area contributed by atoms with Crippen molar-refractivity contribution in [2.45, 2.75) is 24.6 Å². The number of hydrogen-bond donors (Lipinski definition) is 0. The summed E-state index contributed by atoms with van der Waals surface area (Å²) in [7, 11) is -2.20. The van der Waals surface area contributed by atoms with E-state index in [1.807, 2.05) is 30.5 Å². The fourth-order valence-electron chi connectivity index (χ4n) is 2.39. The Morgan fingerprint density at radius 2 is 2.00 bits per heavy atom. The molecule has 0 fully saturated rings. The van der Waals surface area contributed by atoms with Crippen LogP contribution in [0.25, 0.3) is 10.2 Å². The third-order valence-electron chi connectivity index (χ3n) is 3.52. The maximum Gasteiger partial charge on any atom is 0.294 e. The highest BCUT2D eigenvalue weighted by Crippen LogP contribution is 2.31. The zero-order valence-corrected chi connectivity index (χ0v) is 16.4. The van der Waals surface area contributed by atoms with Crippen molar-refractivity contribution in [3.63, 3.8) is 0 Å². The van der Waals surface area contributed by atoms with Gasteiger partial charge in [0.2, 0.25) is 4.80 Å². The van der Waals surface area contributed by atoms with Crippen LogP contribution in [0.3, 0.4) is 0 Å². The Hall–Kier alpha value is -1.35. The molecule has 0 radical (unpaired) electrons. The molecule has 0 unspecified atom stereocenters. The lowest BCUT2D eigenvalue weighted by molar-refractivity contribution is 0.417. The highest BCUT2D eigenvalue weighted by Gasteiger charge is 2.18. The molecule has 0 spiro atoms. The van der Waals surface area contributed by atoms with Gasteiger partial charge in [-0.05, 0) is 37.6 Å². The van der Waals surface area contributed by atoms with Crippen molar-refractivity contribution in [2.24, 2.45) is 4.40 Å². The van der Waals surface area contributed by atoms with Crippen LogP contribution < -0.4 is 9.54 Å². The van der Waals surface area contributed by atoms with Crippen molar-refractivity contribution in [1.29, 1.82) is 0 Å². The van der Waals surface area contributed by atoms with E-state index in [0.717, 1.165) is 27.1 Å². The molecule has 3 aromatic rings. The van der Waals surface area contributed by atoms with Crippen LogP contribution >= 0.6 is 34.3 Å². The number of methoxy groups -OCH3 is 1. The number of fused-ring (bicyclic) bond motifs is 1. The first-order chi connectivity index (χ1) is 11.4. The Bertz CT molecular complexity index is 1080. The fraction of sp³-hybridized carbons (Fsp3) is 0.267. The second-order valence-corrected chi connectivity index (χ2v) is 9.54. The molecule has 0 saturated carbocycles. The van der Waals surface area contributed by atoms with Gasteiger partial charge in [-0.15, -0.1) is 15.7 Å². The molecular weight excluding hydrogens is 388 g/mol. The van der Waals surface area contributed by atoms with Crippen LogP contribution in [0.4, 0.5) is 0 Å². The van der Waals surface area contributed by atoms with Gasteiger partial charge in [0.1, 0.15) is 15.5 Å². The Balaban J connectivity index is 2.32. The number of benzene rings is 1. The van der Waals surface area contributed by atoms with Gasteiger partial charge >= 0.3 is 0 Å². The number of halogens is 1. The predicted octanol–water partition coefficient (Wildman–Crippen LogP) is 4.04. The molecule has 0 atom stereocenters. The molecule has 9 heteroatoms. The molecule has 1 aromatic carbocycles. The van der Waals surface area contributed by atoms with Gasteiger partial charge < -0.3 is 9.30 Å². The molecule has 2 aromatic heterocycles. The SMILES string of the molecule is CCn1/c(=N/S(=O)(=O)c2ccc(Cl)s2)sc2c(C)ccc(OC)c21. The molecule has 0 amide bonds. The normalized spacial score (nSPS) is 12.9. The third-order valence-corrected chi connectivity index (χ3v) is 7.82. The molecule has 0 aliphatic rings. The first-order valence-corrected chi connectivity index (χ1v) is 10.6. The molecule has 0 bridgehead atoms. The summed E-state index contributed by atoms with van der Waals surface area (Å²) in [4.78, 5) is 0.421. The van der Waals surface area contributed by atoms with Crippen molar-refractivity contribution in [2.75, 3.05) is 7.11 Å². The number of thiophene rings is 1. The third kappa shape index (κ3) is 2.99. The van der Waals surface area contributed by atoms with E-state index < -0.39 is 10.0 Å². The number of thiazole rings is 1. The number of aryl methyl sites for hydroxylation is 2. The molecule has 0 aliphatic carbocycles. The van der Waals surface area contributed by atoms with E-state index in [0.29, 0.717) is 21.4 Å². The molecule has 24 heavy (non-hydrogen) atoms. The molecule has 2 heterocycles. The van der Waals surface area contributed by atoms with Crippen LogP contribution in [0.5, 0.6) is 5.75 Å². The summed E-state index contributed by atoms with van der Waals surface area (Å²) >= 11 is 8.19. The number of aromatic nitrogens is 1. The van der Waals surface area contributed by atoms with Crippen molar-refractivity contribution in [3.05, 3.63) is 39.0 Å². The maximum atomic E-state index is 12.5. The largest absolute Gasteiger partial charge is 0.495 e. The predicted molar refractivity (Wildman–Crippen MR) is 98.9 cm³/mol. The van der Waals surface area contributed by atoms with Crippen LogP contribution in [0, 0.1) is 6.92 Å². The quantitative estimate of drug-likeness (QED) is 0.661. The Morgan fingerprint density at radius 1 is 1.25 bits per heavy atom. The summed E-state index contributed by atoms with van der Waals surface area (Å²) in [6, 6.07) is 6.87. The zero-order valence-electron chi connectivity index (χ0n) is 13.2. The van der Waals surface area contributed by atoms with Crippen molar-refractivity contribution < 1.29 is 13.2 Å². The van der Waals surface area contributed by atoms with E-state index >= 15 is 0 Å². The first kappa shape index (κ1) is 17.5. The highest BCUT2D eigenvalue weighted by molar-refractivity contribution is 7.92. The van der Waals surface area contributed by atoms with Gasteiger partial charge in [0.05, 0.1) is 16.1 Å². The highest BCUT2D eigenvalue weighted by atomic mass is 35.5. The number of sulfonamides is 1. The van der Waals surface area contributed by atoms with Gasteiger partial charge in [0.25, 0.3) is 10.0 Å². The maximum absolute atomic E-state index is 12.5. The average molecular weight is 403 g/mol. The van der Waals surface area contributed by atoms with E-state index in [4.69, 9.17) is 16.3 Å². The summed E-state index contributed by atoms with van der Waals surface area (Å²) < 4.78 is 38.0. The Morgan fingerprint density at radius 3 is 2.58 bits per heavy atom. The van der Waals surface area contributed by atoms with Crippen LogP contribution in [0.2, 0.25) is 4.34 Å². The monoisotopic (exact) mass is 402 g/mol. The van der Waals surface area contributed by atoms with E-state index in [9.17, 15) is 8.42 Å². The summed E-state index contributed by atoms with van der Waals surface area (Å²) in [6.07, 6.45) is 0. The molecule has 0 N–H and O–H groups in total. The second kappa shape index (κ2) is 6.51. The van der Waals surface area contributed by atoms with Crippen LogP contribution in [0.15, 0.2) is 32.9 Å². The standard InChI is InChI=1S/C15H15ClN2O3S3/c1-4-18-13-10(21-3)6-5-9(2)14(13)23-15(18)17-24(19,20)12-8-7-11(16)22-12/h5-8H,4H2,1-3H3/b17-15-. The minimum Gasteiger partial charge on any atom is -0.495 e. The summed E-state index contributed by atoms with van der Waals surface area (Å²) in [6.45, 7) is 4.51. The fourth-order valence-corrected chi connectivity index (χ4v) is 6.23. The van der Waals surface area contributed by atoms with Gasteiger partial charge in [-0.25, -0.2) is 0 Å². The van der Waals surface area contributed by atoms with Gasteiger partial charge in [0.15, 0.2) is 0 Å². The lowest BCUT2D eigenvalue weighted by Crippen LogP contribution is -2.16. The van der Waals surface area contributed by atoms with Crippen LogP contribution in [-0.4, -0.2) is 20.1 Å². The molecule has 0 aliphatic heterocycles. The topological polar surface area (TPSA) is 60.7 Å². The second-order valence-electron chi connectivity index (χ2n) is 5.02.